The summed E-state index contributed by atoms with van der Waals surface area (Å²) in [7, 11) is 0. The smallest absolute Gasteiger partial charge is 0.269 e. The number of aromatic nitrogens is 1. The molecule has 7 nitrogen and oxygen atoms in total. The van der Waals surface area contributed by atoms with Crippen LogP contribution in [0, 0.1) is 15.9 Å². The van der Waals surface area contributed by atoms with E-state index in [1.54, 1.807) is 0 Å². The Bertz CT molecular complexity index is 985. The summed E-state index contributed by atoms with van der Waals surface area (Å²) in [4.78, 5) is 26.3. The Hall–Kier alpha value is -3.20. The Labute approximate surface area is 145 Å². The van der Waals surface area contributed by atoms with Crippen LogP contribution < -0.4 is 5.01 Å². The second-order valence-corrected chi connectivity index (χ2v) is 6.04. The number of hydrogen-bond acceptors (Lipinski definition) is 6. The van der Waals surface area contributed by atoms with E-state index in [2.05, 4.69) is 10.1 Å². The second kappa shape index (κ2) is 6.73. The maximum atomic E-state index is 13.3. The van der Waals surface area contributed by atoms with Gasteiger partial charge in [0.25, 0.3) is 5.69 Å². The lowest BCUT2D eigenvalue weighted by atomic mass is 10.2. The molecule has 126 valence electrons. The molecule has 1 amide bonds. The van der Waals surface area contributed by atoms with Crippen molar-refractivity contribution in [2.75, 3.05) is 5.01 Å². The van der Waals surface area contributed by atoms with Gasteiger partial charge in [-0.3, -0.25) is 14.9 Å². The number of nitro groups is 1. The number of carbonyl (C=O) groups excluding carboxylic acids is 1. The Morgan fingerprint density at radius 3 is 2.68 bits per heavy atom. The van der Waals surface area contributed by atoms with E-state index in [0.717, 1.165) is 16.3 Å². The van der Waals surface area contributed by atoms with Crippen LogP contribution in [-0.4, -0.2) is 22.0 Å². The number of carbonyl (C=O) groups is 1. The molecule has 25 heavy (non-hydrogen) atoms. The van der Waals surface area contributed by atoms with E-state index in [1.807, 2.05) is 0 Å². The maximum absolute atomic E-state index is 13.3. The number of nitrogens with zero attached hydrogens (tertiary/aromatic N) is 4. The highest BCUT2D eigenvalue weighted by atomic mass is 32.1. The van der Waals surface area contributed by atoms with Gasteiger partial charge in [0, 0.05) is 19.1 Å². The molecule has 1 aromatic heterocycles. The van der Waals surface area contributed by atoms with Gasteiger partial charge in [-0.1, -0.05) is 11.3 Å². The van der Waals surface area contributed by atoms with Gasteiger partial charge < -0.3 is 0 Å². The molecule has 0 aliphatic rings. The van der Waals surface area contributed by atoms with Gasteiger partial charge in [0.15, 0.2) is 0 Å². The van der Waals surface area contributed by atoms with Crippen molar-refractivity contribution in [3.8, 4) is 0 Å². The van der Waals surface area contributed by atoms with Gasteiger partial charge in [0.2, 0.25) is 11.0 Å². The molecular weight excluding hydrogens is 347 g/mol. The zero-order valence-corrected chi connectivity index (χ0v) is 13.7. The van der Waals surface area contributed by atoms with E-state index in [9.17, 15) is 19.3 Å². The Balaban J connectivity index is 1.89. The lowest BCUT2D eigenvalue weighted by Crippen LogP contribution is -2.22. The van der Waals surface area contributed by atoms with Gasteiger partial charge in [-0.2, -0.15) is 10.1 Å². The van der Waals surface area contributed by atoms with Crippen LogP contribution in [0.1, 0.15) is 12.5 Å². The van der Waals surface area contributed by atoms with E-state index >= 15 is 0 Å². The van der Waals surface area contributed by atoms with Crippen molar-refractivity contribution in [3.05, 3.63) is 64.0 Å². The fourth-order valence-electron chi connectivity index (χ4n) is 2.05. The van der Waals surface area contributed by atoms with Crippen molar-refractivity contribution >= 4 is 44.5 Å². The minimum Gasteiger partial charge on any atom is -0.273 e. The summed E-state index contributed by atoms with van der Waals surface area (Å²) in [6, 6.07) is 9.91. The molecule has 0 aliphatic carbocycles. The first kappa shape index (κ1) is 16.7. The number of benzene rings is 2. The summed E-state index contributed by atoms with van der Waals surface area (Å²) in [6.45, 7) is 1.33. The predicted octanol–water partition coefficient (Wildman–Crippen LogP) is 3.73. The normalized spacial score (nSPS) is 11.1. The van der Waals surface area contributed by atoms with Crippen molar-refractivity contribution in [2.45, 2.75) is 6.92 Å². The van der Waals surface area contributed by atoms with Crippen LogP contribution in [0.4, 0.5) is 15.2 Å². The third-order valence-corrected chi connectivity index (χ3v) is 4.24. The molecule has 3 rings (SSSR count). The molecular formula is C16H11FN4O3S. The molecule has 1 heterocycles. The summed E-state index contributed by atoms with van der Waals surface area (Å²) in [5.74, 6) is -0.746. The number of halogens is 1. The number of nitro benzene ring substituents is 1. The summed E-state index contributed by atoms with van der Waals surface area (Å²) in [5.41, 5.74) is 1.12. The number of hydrogen-bond donors (Lipinski definition) is 0. The van der Waals surface area contributed by atoms with Crippen LogP contribution in [0.15, 0.2) is 47.6 Å². The standard InChI is InChI=1S/C16H11FN4O3S/c1-10(22)20(16-19-14-7-4-12(17)8-15(14)25-16)18-9-11-2-5-13(6-3-11)21(23)24/h2-9H,1H3/b18-9+. The van der Waals surface area contributed by atoms with Crippen LogP contribution in [0.2, 0.25) is 0 Å². The topological polar surface area (TPSA) is 88.7 Å². The zero-order valence-electron chi connectivity index (χ0n) is 12.9. The molecule has 3 aromatic rings. The molecule has 0 bridgehead atoms. The molecule has 0 fully saturated rings. The summed E-state index contributed by atoms with van der Waals surface area (Å²) < 4.78 is 13.9. The average molecular weight is 358 g/mol. The van der Waals surface area contributed by atoms with E-state index in [-0.39, 0.29) is 17.4 Å². The molecule has 0 saturated carbocycles. The summed E-state index contributed by atoms with van der Waals surface area (Å²) in [5, 5.41) is 16.2. The largest absolute Gasteiger partial charge is 0.273 e. The third kappa shape index (κ3) is 3.66. The van der Waals surface area contributed by atoms with Gasteiger partial charge in [-0.25, -0.2) is 9.37 Å². The molecule has 2 aromatic carbocycles. The molecule has 0 N–H and O–H groups in total. The minimum absolute atomic E-state index is 0.0335. The number of anilines is 1. The quantitative estimate of drug-likeness (QED) is 0.404. The van der Waals surface area contributed by atoms with Crippen molar-refractivity contribution in [1.29, 1.82) is 0 Å². The van der Waals surface area contributed by atoms with Gasteiger partial charge in [-0.05, 0) is 35.9 Å². The summed E-state index contributed by atoms with van der Waals surface area (Å²) in [6.07, 6.45) is 1.40. The lowest BCUT2D eigenvalue weighted by molar-refractivity contribution is -0.384. The molecule has 9 heteroatoms. The summed E-state index contributed by atoms with van der Waals surface area (Å²) >= 11 is 1.14. The first-order valence-corrected chi connectivity index (χ1v) is 7.91. The first-order chi connectivity index (χ1) is 11.9. The van der Waals surface area contributed by atoms with E-state index in [0.29, 0.717) is 20.9 Å². The molecule has 0 unspecified atom stereocenters. The average Bonchev–Trinajstić information content (AvgIpc) is 2.97. The molecule has 0 spiro atoms. The maximum Gasteiger partial charge on any atom is 0.269 e. The fourth-order valence-corrected chi connectivity index (χ4v) is 3.04. The number of non-ortho nitro benzene ring substituents is 1. The number of thiazole rings is 1. The van der Waals surface area contributed by atoms with Gasteiger partial charge in [0.1, 0.15) is 5.82 Å². The third-order valence-electron chi connectivity index (χ3n) is 3.24. The van der Waals surface area contributed by atoms with Gasteiger partial charge >= 0.3 is 0 Å². The van der Waals surface area contributed by atoms with Crippen molar-refractivity contribution in [1.82, 2.24) is 4.98 Å². The number of fused-ring (bicyclic) bond motifs is 1. The zero-order chi connectivity index (χ0) is 18.0. The molecule has 0 radical (unpaired) electrons. The van der Waals surface area contributed by atoms with Crippen LogP contribution in [0.3, 0.4) is 0 Å². The van der Waals surface area contributed by atoms with E-state index < -0.39 is 4.92 Å². The fraction of sp³-hybridized carbons (Fsp3) is 0.0625. The molecule has 0 atom stereocenters. The van der Waals surface area contributed by atoms with Crippen molar-refractivity contribution < 1.29 is 14.1 Å². The second-order valence-electron chi connectivity index (χ2n) is 5.03. The highest BCUT2D eigenvalue weighted by molar-refractivity contribution is 7.22. The first-order valence-electron chi connectivity index (χ1n) is 7.09. The number of amides is 1. The van der Waals surface area contributed by atoms with Crippen LogP contribution in [0.5, 0.6) is 0 Å². The van der Waals surface area contributed by atoms with Crippen molar-refractivity contribution in [2.24, 2.45) is 5.10 Å². The minimum atomic E-state index is -0.497. The SMILES string of the molecule is CC(=O)N(/N=C/c1ccc([N+](=O)[O-])cc1)c1nc2ccc(F)cc2s1. The van der Waals surface area contributed by atoms with E-state index in [4.69, 9.17) is 0 Å². The monoisotopic (exact) mass is 358 g/mol. The molecule has 0 aliphatic heterocycles. The lowest BCUT2D eigenvalue weighted by Gasteiger charge is -2.10. The van der Waals surface area contributed by atoms with Gasteiger partial charge in [0.05, 0.1) is 21.4 Å². The van der Waals surface area contributed by atoms with Crippen LogP contribution in [-0.2, 0) is 4.79 Å². The number of hydrazone groups is 1. The highest BCUT2D eigenvalue weighted by Crippen LogP contribution is 2.29. The van der Waals surface area contributed by atoms with Crippen LogP contribution >= 0.6 is 11.3 Å². The highest BCUT2D eigenvalue weighted by Gasteiger charge is 2.15. The predicted molar refractivity (Wildman–Crippen MR) is 93.4 cm³/mol. The number of rotatable bonds is 4. The van der Waals surface area contributed by atoms with Crippen LogP contribution in [0.25, 0.3) is 10.2 Å². The Kier molecular flexibility index (Phi) is 4.48. The Morgan fingerprint density at radius 2 is 2.04 bits per heavy atom. The van der Waals surface area contributed by atoms with Crippen molar-refractivity contribution in [3.63, 3.8) is 0 Å². The Morgan fingerprint density at radius 1 is 1.32 bits per heavy atom. The molecule has 0 saturated heterocycles. The van der Waals surface area contributed by atoms with E-state index in [1.165, 1.54) is 55.6 Å². The van der Waals surface area contributed by atoms with Gasteiger partial charge in [-0.15, -0.1) is 0 Å².